The van der Waals surface area contributed by atoms with E-state index in [9.17, 15) is 0 Å². The number of aryl methyl sites for hydroxylation is 2. The molecule has 0 N–H and O–H groups in total. The summed E-state index contributed by atoms with van der Waals surface area (Å²) in [5.74, 6) is 1.62. The first-order valence-corrected chi connectivity index (χ1v) is 20.4. The Balaban J connectivity index is 2.21. The summed E-state index contributed by atoms with van der Waals surface area (Å²) in [4.78, 5) is 0. The Labute approximate surface area is 272 Å². The molecule has 2 heteroatoms. The van der Waals surface area contributed by atoms with Gasteiger partial charge in [0.1, 0.15) is 12.4 Å². The molecule has 1 aromatic heterocycles. The van der Waals surface area contributed by atoms with Crippen molar-refractivity contribution < 1.29 is 4.57 Å². The van der Waals surface area contributed by atoms with Gasteiger partial charge in [-0.1, -0.05) is 194 Å². The standard InChI is InChI=1S/C41H81N2/c1-4-7-10-13-16-18-20-21-22-23-24-25-26-28-30-33-36-41-42(37-34-31-15-12-9-6-3)39-40-43(41)38-35-32-29-27-19-17-14-11-8-5-2/h39-40H,4-38H2,1-3H3/q+1. The molecule has 0 fully saturated rings. The van der Waals surface area contributed by atoms with Crippen LogP contribution in [0.5, 0.6) is 0 Å². The lowest BCUT2D eigenvalue weighted by molar-refractivity contribution is -0.704. The summed E-state index contributed by atoms with van der Waals surface area (Å²) < 4.78 is 5.26. The highest BCUT2D eigenvalue weighted by molar-refractivity contribution is 4.84. The van der Waals surface area contributed by atoms with Crippen LogP contribution in [0, 0.1) is 0 Å². The van der Waals surface area contributed by atoms with E-state index in [4.69, 9.17) is 0 Å². The van der Waals surface area contributed by atoms with Crippen molar-refractivity contribution in [3.63, 3.8) is 0 Å². The highest BCUT2D eigenvalue weighted by Crippen LogP contribution is 2.15. The maximum Gasteiger partial charge on any atom is 0.256 e. The highest BCUT2D eigenvalue weighted by atomic mass is 15.1. The third-order valence-electron chi connectivity index (χ3n) is 9.85. The average Bonchev–Trinajstić information content (AvgIpc) is 3.40. The van der Waals surface area contributed by atoms with Gasteiger partial charge in [-0.15, -0.1) is 0 Å². The zero-order chi connectivity index (χ0) is 30.9. The monoisotopic (exact) mass is 602 g/mol. The molecule has 1 aromatic rings. The predicted octanol–water partition coefficient (Wildman–Crippen LogP) is 13.9. The minimum atomic E-state index is 1.23. The predicted molar refractivity (Wildman–Crippen MR) is 193 cm³/mol. The molecule has 0 radical (unpaired) electrons. The minimum Gasteiger partial charge on any atom is -0.234 e. The molecule has 0 atom stereocenters. The molecule has 43 heavy (non-hydrogen) atoms. The fourth-order valence-electron chi connectivity index (χ4n) is 6.86. The molecule has 0 aliphatic heterocycles. The van der Waals surface area contributed by atoms with Crippen molar-refractivity contribution in [3.05, 3.63) is 18.2 Å². The van der Waals surface area contributed by atoms with Crippen LogP contribution in [-0.4, -0.2) is 4.57 Å². The van der Waals surface area contributed by atoms with Crippen LogP contribution in [0.25, 0.3) is 0 Å². The van der Waals surface area contributed by atoms with Crippen molar-refractivity contribution >= 4 is 0 Å². The van der Waals surface area contributed by atoms with E-state index in [1.165, 1.54) is 225 Å². The zero-order valence-electron chi connectivity index (χ0n) is 30.3. The molecule has 1 heterocycles. The maximum absolute atomic E-state index is 2.63. The summed E-state index contributed by atoms with van der Waals surface area (Å²) in [6, 6.07) is 0. The van der Waals surface area contributed by atoms with Crippen LogP contribution in [0.15, 0.2) is 12.4 Å². The fourth-order valence-corrected chi connectivity index (χ4v) is 6.86. The summed E-state index contributed by atoms with van der Waals surface area (Å²) in [6.45, 7) is 9.40. The lowest BCUT2D eigenvalue weighted by Gasteiger charge is -2.07. The SMILES string of the molecule is CCCCCCCCCCCCCCCCCCc1n(CCCCCCCC)cc[n+]1CCCCCCCCCCCC. The van der Waals surface area contributed by atoms with E-state index in [0.29, 0.717) is 0 Å². The first-order valence-electron chi connectivity index (χ1n) is 20.4. The molecule has 0 spiro atoms. The normalized spacial score (nSPS) is 11.6. The Morgan fingerprint density at radius 3 is 1.12 bits per heavy atom. The first kappa shape index (κ1) is 40.2. The van der Waals surface area contributed by atoms with E-state index >= 15 is 0 Å². The molecule has 0 bridgehead atoms. The Hall–Kier alpha value is -0.790. The topological polar surface area (TPSA) is 8.81 Å². The summed E-state index contributed by atoms with van der Waals surface area (Å²) in [5, 5.41) is 0. The Kier molecular flexibility index (Phi) is 30.5. The molecular weight excluding hydrogens is 520 g/mol. The van der Waals surface area contributed by atoms with E-state index in [2.05, 4.69) is 42.3 Å². The Bertz CT molecular complexity index is 663. The molecule has 0 aliphatic carbocycles. The number of hydrogen-bond donors (Lipinski definition) is 0. The molecule has 2 nitrogen and oxygen atoms in total. The molecule has 0 unspecified atom stereocenters. The number of imidazole rings is 1. The van der Waals surface area contributed by atoms with E-state index in [1.807, 2.05) is 0 Å². The lowest BCUT2D eigenvalue weighted by atomic mass is 10.0. The number of rotatable bonds is 35. The van der Waals surface area contributed by atoms with Gasteiger partial charge in [-0.3, -0.25) is 0 Å². The van der Waals surface area contributed by atoms with E-state index in [-0.39, 0.29) is 0 Å². The van der Waals surface area contributed by atoms with Crippen LogP contribution >= 0.6 is 0 Å². The van der Waals surface area contributed by atoms with Gasteiger partial charge >= 0.3 is 0 Å². The summed E-state index contributed by atoms with van der Waals surface area (Å²) in [7, 11) is 0. The van der Waals surface area contributed by atoms with Crippen molar-refractivity contribution in [2.45, 2.75) is 246 Å². The van der Waals surface area contributed by atoms with E-state index < -0.39 is 0 Å². The molecule has 1 rings (SSSR count). The Morgan fingerprint density at radius 2 is 0.721 bits per heavy atom. The van der Waals surface area contributed by atoms with Crippen LogP contribution in [0.4, 0.5) is 0 Å². The summed E-state index contributed by atoms with van der Waals surface area (Å²) >= 11 is 0. The summed E-state index contributed by atoms with van der Waals surface area (Å²) in [5.41, 5.74) is 0. The molecule has 0 aromatic carbocycles. The Morgan fingerprint density at radius 1 is 0.395 bits per heavy atom. The van der Waals surface area contributed by atoms with Crippen LogP contribution in [0.2, 0.25) is 0 Å². The van der Waals surface area contributed by atoms with Crippen LogP contribution in [-0.2, 0) is 19.5 Å². The highest BCUT2D eigenvalue weighted by Gasteiger charge is 2.16. The van der Waals surface area contributed by atoms with Gasteiger partial charge in [0.25, 0.3) is 5.82 Å². The van der Waals surface area contributed by atoms with E-state index in [1.54, 1.807) is 5.82 Å². The fraction of sp³-hybridized carbons (Fsp3) is 0.927. The molecule has 0 aliphatic rings. The maximum atomic E-state index is 2.63. The quantitative estimate of drug-likeness (QED) is 0.0540. The van der Waals surface area contributed by atoms with Crippen LogP contribution < -0.4 is 4.57 Å². The second-order valence-electron chi connectivity index (χ2n) is 14.1. The third-order valence-corrected chi connectivity index (χ3v) is 9.85. The van der Waals surface area contributed by atoms with Crippen molar-refractivity contribution in [2.24, 2.45) is 0 Å². The number of hydrogen-bond acceptors (Lipinski definition) is 0. The number of unbranched alkanes of at least 4 members (excludes halogenated alkanes) is 29. The number of aromatic nitrogens is 2. The third kappa shape index (κ3) is 25.1. The van der Waals surface area contributed by atoms with Crippen molar-refractivity contribution in [2.75, 3.05) is 0 Å². The number of nitrogens with zero attached hydrogens (tertiary/aromatic N) is 2. The molecule has 0 amide bonds. The van der Waals surface area contributed by atoms with Gasteiger partial charge in [-0.25, -0.2) is 9.13 Å². The van der Waals surface area contributed by atoms with Gasteiger partial charge in [0.05, 0.1) is 13.1 Å². The van der Waals surface area contributed by atoms with Gasteiger partial charge < -0.3 is 0 Å². The first-order chi connectivity index (χ1) is 21.3. The van der Waals surface area contributed by atoms with Gasteiger partial charge in [-0.05, 0) is 32.1 Å². The van der Waals surface area contributed by atoms with E-state index in [0.717, 1.165) is 0 Å². The second-order valence-corrected chi connectivity index (χ2v) is 14.1. The minimum absolute atomic E-state index is 1.23. The van der Waals surface area contributed by atoms with Gasteiger partial charge in [0.15, 0.2) is 0 Å². The van der Waals surface area contributed by atoms with Crippen molar-refractivity contribution in [1.29, 1.82) is 0 Å². The zero-order valence-corrected chi connectivity index (χ0v) is 30.3. The molecule has 254 valence electrons. The lowest BCUT2D eigenvalue weighted by Crippen LogP contribution is -2.37. The van der Waals surface area contributed by atoms with Crippen LogP contribution in [0.1, 0.15) is 232 Å². The molecular formula is C41H81N2+. The van der Waals surface area contributed by atoms with Gasteiger partial charge in [0, 0.05) is 6.42 Å². The largest absolute Gasteiger partial charge is 0.256 e. The van der Waals surface area contributed by atoms with Crippen LogP contribution in [0.3, 0.4) is 0 Å². The summed E-state index contributed by atoms with van der Waals surface area (Å²) in [6.07, 6.45) is 51.9. The van der Waals surface area contributed by atoms with Crippen molar-refractivity contribution in [1.82, 2.24) is 4.57 Å². The average molecular weight is 602 g/mol. The van der Waals surface area contributed by atoms with Gasteiger partial charge in [-0.2, -0.15) is 0 Å². The second kappa shape index (κ2) is 32.6. The van der Waals surface area contributed by atoms with Crippen molar-refractivity contribution in [3.8, 4) is 0 Å². The molecule has 0 saturated heterocycles. The smallest absolute Gasteiger partial charge is 0.234 e. The molecule has 0 saturated carbocycles. The van der Waals surface area contributed by atoms with Gasteiger partial charge in [0.2, 0.25) is 0 Å².